The number of esters is 1. The Morgan fingerprint density at radius 2 is 1.97 bits per heavy atom. The highest BCUT2D eigenvalue weighted by molar-refractivity contribution is 6.30. The molecule has 29 heavy (non-hydrogen) atoms. The van der Waals surface area contributed by atoms with Crippen molar-refractivity contribution in [3.8, 4) is 11.5 Å². The summed E-state index contributed by atoms with van der Waals surface area (Å²) in [7, 11) is 1.29. The SMILES string of the molecule is CCOc1cc(C(=O)OCC(=O)Nc2cc(Cl)ccc2F)c([N+](=O)[O-])cc1OC. The van der Waals surface area contributed by atoms with Crippen LogP contribution in [0.1, 0.15) is 17.3 Å². The minimum absolute atomic E-state index is 0.0595. The molecule has 2 rings (SSSR count). The summed E-state index contributed by atoms with van der Waals surface area (Å²) >= 11 is 5.73. The van der Waals surface area contributed by atoms with Crippen LogP contribution in [0.2, 0.25) is 5.02 Å². The van der Waals surface area contributed by atoms with Crippen LogP contribution < -0.4 is 14.8 Å². The zero-order chi connectivity index (χ0) is 21.6. The predicted octanol–water partition coefficient (Wildman–Crippen LogP) is 3.59. The molecule has 0 bridgehead atoms. The van der Waals surface area contributed by atoms with E-state index in [1.54, 1.807) is 6.92 Å². The molecule has 0 aromatic heterocycles. The summed E-state index contributed by atoms with van der Waals surface area (Å²) in [6.45, 7) is 1.09. The van der Waals surface area contributed by atoms with Crippen molar-refractivity contribution in [3.63, 3.8) is 0 Å². The molecule has 0 spiro atoms. The van der Waals surface area contributed by atoms with E-state index in [1.807, 2.05) is 0 Å². The number of halogens is 2. The number of anilines is 1. The van der Waals surface area contributed by atoms with E-state index in [4.69, 9.17) is 25.8 Å². The number of benzene rings is 2. The highest BCUT2D eigenvalue weighted by Gasteiger charge is 2.26. The van der Waals surface area contributed by atoms with Gasteiger partial charge in [0, 0.05) is 11.1 Å². The van der Waals surface area contributed by atoms with Gasteiger partial charge in [-0.3, -0.25) is 14.9 Å². The lowest BCUT2D eigenvalue weighted by Crippen LogP contribution is -2.22. The van der Waals surface area contributed by atoms with Gasteiger partial charge in [-0.1, -0.05) is 11.6 Å². The topological polar surface area (TPSA) is 117 Å². The van der Waals surface area contributed by atoms with Gasteiger partial charge in [-0.05, 0) is 25.1 Å². The summed E-state index contributed by atoms with van der Waals surface area (Å²) in [6, 6.07) is 5.64. The molecule has 0 aliphatic heterocycles. The maximum Gasteiger partial charge on any atom is 0.345 e. The Balaban J connectivity index is 2.17. The third-order valence-corrected chi connectivity index (χ3v) is 3.77. The smallest absolute Gasteiger partial charge is 0.345 e. The second-order valence-electron chi connectivity index (χ2n) is 5.46. The molecule has 0 saturated carbocycles. The zero-order valence-electron chi connectivity index (χ0n) is 15.4. The number of rotatable bonds is 8. The molecule has 0 heterocycles. The fraction of sp³-hybridized carbons (Fsp3) is 0.222. The van der Waals surface area contributed by atoms with Gasteiger partial charge in [0.1, 0.15) is 11.4 Å². The Labute approximate surface area is 169 Å². The average Bonchev–Trinajstić information content (AvgIpc) is 2.68. The monoisotopic (exact) mass is 426 g/mol. The van der Waals surface area contributed by atoms with Crippen molar-refractivity contribution in [2.45, 2.75) is 6.92 Å². The molecule has 0 atom stereocenters. The lowest BCUT2D eigenvalue weighted by atomic mass is 10.1. The van der Waals surface area contributed by atoms with E-state index in [9.17, 15) is 24.1 Å². The second-order valence-corrected chi connectivity index (χ2v) is 5.90. The number of hydrogen-bond acceptors (Lipinski definition) is 7. The number of carbonyl (C=O) groups excluding carboxylic acids is 2. The molecule has 2 aromatic rings. The number of hydrogen-bond donors (Lipinski definition) is 1. The summed E-state index contributed by atoms with van der Waals surface area (Å²) in [4.78, 5) is 34.7. The van der Waals surface area contributed by atoms with Crippen LogP contribution in [0.3, 0.4) is 0 Å². The van der Waals surface area contributed by atoms with E-state index in [0.29, 0.717) is 0 Å². The normalized spacial score (nSPS) is 10.2. The fourth-order valence-corrected chi connectivity index (χ4v) is 2.45. The van der Waals surface area contributed by atoms with Gasteiger partial charge < -0.3 is 19.5 Å². The Bertz CT molecular complexity index is 952. The minimum atomic E-state index is -1.14. The molecule has 154 valence electrons. The van der Waals surface area contributed by atoms with Gasteiger partial charge in [0.25, 0.3) is 11.6 Å². The summed E-state index contributed by atoms with van der Waals surface area (Å²) in [6.07, 6.45) is 0. The quantitative estimate of drug-likeness (QED) is 0.389. The number of nitrogens with zero attached hydrogens (tertiary/aromatic N) is 1. The van der Waals surface area contributed by atoms with Crippen molar-refractivity contribution in [2.75, 3.05) is 25.6 Å². The molecule has 11 heteroatoms. The van der Waals surface area contributed by atoms with Crippen molar-refractivity contribution in [3.05, 3.63) is 56.8 Å². The molecule has 0 fully saturated rings. The van der Waals surface area contributed by atoms with Crippen molar-refractivity contribution in [2.24, 2.45) is 0 Å². The highest BCUT2D eigenvalue weighted by Crippen LogP contribution is 2.35. The van der Waals surface area contributed by atoms with E-state index >= 15 is 0 Å². The molecule has 0 aliphatic rings. The number of ether oxygens (including phenoxy) is 3. The molecular weight excluding hydrogens is 411 g/mol. The molecule has 0 unspecified atom stereocenters. The summed E-state index contributed by atoms with van der Waals surface area (Å²) in [5.41, 5.74) is -1.22. The zero-order valence-corrected chi connectivity index (χ0v) is 16.1. The third kappa shape index (κ3) is 5.55. The van der Waals surface area contributed by atoms with Crippen LogP contribution in [0.4, 0.5) is 15.8 Å². The Morgan fingerprint density at radius 1 is 1.24 bits per heavy atom. The van der Waals surface area contributed by atoms with Gasteiger partial charge in [0.05, 0.1) is 30.4 Å². The lowest BCUT2D eigenvalue weighted by Gasteiger charge is -2.12. The highest BCUT2D eigenvalue weighted by atomic mass is 35.5. The summed E-state index contributed by atoms with van der Waals surface area (Å²) in [5, 5.41) is 13.7. The second kappa shape index (κ2) is 9.69. The largest absolute Gasteiger partial charge is 0.493 e. The van der Waals surface area contributed by atoms with Gasteiger partial charge in [0.2, 0.25) is 0 Å². The number of amides is 1. The van der Waals surface area contributed by atoms with E-state index in [1.165, 1.54) is 19.2 Å². The van der Waals surface area contributed by atoms with Crippen molar-refractivity contribution >= 4 is 34.9 Å². The van der Waals surface area contributed by atoms with E-state index in [2.05, 4.69) is 5.32 Å². The van der Waals surface area contributed by atoms with Crippen molar-refractivity contribution in [1.29, 1.82) is 0 Å². The lowest BCUT2D eigenvalue weighted by molar-refractivity contribution is -0.385. The minimum Gasteiger partial charge on any atom is -0.493 e. The van der Waals surface area contributed by atoms with Crippen LogP contribution in [0.5, 0.6) is 11.5 Å². The first-order valence-electron chi connectivity index (χ1n) is 8.18. The average molecular weight is 427 g/mol. The third-order valence-electron chi connectivity index (χ3n) is 3.54. The number of carbonyl (C=O) groups is 2. The van der Waals surface area contributed by atoms with Crippen molar-refractivity contribution < 1.29 is 33.1 Å². The van der Waals surface area contributed by atoms with Gasteiger partial charge in [-0.25, -0.2) is 9.18 Å². The van der Waals surface area contributed by atoms with E-state index in [-0.39, 0.29) is 28.8 Å². The van der Waals surface area contributed by atoms with Crippen LogP contribution in [-0.2, 0) is 9.53 Å². The number of nitro groups is 1. The first-order chi connectivity index (χ1) is 13.8. The van der Waals surface area contributed by atoms with Crippen LogP contribution in [-0.4, -0.2) is 37.1 Å². The first-order valence-corrected chi connectivity index (χ1v) is 8.55. The van der Waals surface area contributed by atoms with E-state index < -0.39 is 40.5 Å². The Hall–Kier alpha value is -3.40. The number of methoxy groups -OCH3 is 1. The maximum atomic E-state index is 13.6. The van der Waals surface area contributed by atoms with Gasteiger partial charge >= 0.3 is 5.97 Å². The molecule has 0 aliphatic carbocycles. The maximum absolute atomic E-state index is 13.6. The van der Waals surface area contributed by atoms with Gasteiger partial charge in [0.15, 0.2) is 18.1 Å². The van der Waals surface area contributed by atoms with Crippen LogP contribution >= 0.6 is 11.6 Å². The van der Waals surface area contributed by atoms with E-state index in [0.717, 1.165) is 18.2 Å². The van der Waals surface area contributed by atoms with Gasteiger partial charge in [-0.15, -0.1) is 0 Å². The Morgan fingerprint density at radius 3 is 2.59 bits per heavy atom. The molecule has 2 aromatic carbocycles. The Kier molecular flexibility index (Phi) is 7.32. The summed E-state index contributed by atoms with van der Waals surface area (Å²) < 4.78 is 28.8. The van der Waals surface area contributed by atoms with Crippen LogP contribution in [0, 0.1) is 15.9 Å². The molecule has 0 saturated heterocycles. The molecule has 1 amide bonds. The number of nitrogens with one attached hydrogen (secondary N) is 1. The predicted molar refractivity (Wildman–Crippen MR) is 101 cm³/mol. The molecule has 9 nitrogen and oxygen atoms in total. The van der Waals surface area contributed by atoms with Crippen molar-refractivity contribution in [1.82, 2.24) is 0 Å². The molecule has 0 radical (unpaired) electrons. The molecule has 1 N–H and O–H groups in total. The molecular formula is C18H16ClFN2O7. The fourth-order valence-electron chi connectivity index (χ4n) is 2.28. The van der Waals surface area contributed by atoms with Crippen LogP contribution in [0.15, 0.2) is 30.3 Å². The van der Waals surface area contributed by atoms with Gasteiger partial charge in [-0.2, -0.15) is 0 Å². The van der Waals surface area contributed by atoms with Crippen LogP contribution in [0.25, 0.3) is 0 Å². The standard InChI is InChI=1S/C18H16ClFN2O7/c1-3-28-16-7-11(14(22(25)26)8-15(16)27-2)18(24)29-9-17(23)21-13-6-10(19)4-5-12(13)20/h4-8H,3,9H2,1-2H3,(H,21,23). The number of nitro benzene ring substituents is 1. The first kappa shape index (κ1) is 21.9. The summed E-state index contributed by atoms with van der Waals surface area (Å²) in [5.74, 6) is -2.58.